The van der Waals surface area contributed by atoms with E-state index in [2.05, 4.69) is 15.1 Å². The van der Waals surface area contributed by atoms with Crippen molar-refractivity contribution in [2.45, 2.75) is 26.8 Å². The van der Waals surface area contributed by atoms with E-state index in [0.29, 0.717) is 13.1 Å². The number of carbonyl (C=O) groups is 2. The molecule has 1 rings (SSSR count). The molecule has 1 fully saturated rings. The summed E-state index contributed by atoms with van der Waals surface area (Å²) in [4.78, 5) is 27.7. The summed E-state index contributed by atoms with van der Waals surface area (Å²) in [6.07, 6.45) is 0. The number of amides is 1. The monoisotopic (exact) mass is 285 g/mol. The summed E-state index contributed by atoms with van der Waals surface area (Å²) in [6, 6.07) is -0.391. The zero-order valence-electron chi connectivity index (χ0n) is 12.8. The maximum Gasteiger partial charge on any atom is 0.234 e. The van der Waals surface area contributed by atoms with Gasteiger partial charge in [-0.05, 0) is 12.8 Å². The molecular formula is C14H27N3O3. The highest BCUT2D eigenvalue weighted by molar-refractivity contribution is 5.88. The fourth-order valence-corrected chi connectivity index (χ4v) is 2.47. The average Bonchev–Trinajstić information content (AvgIpc) is 2.38. The van der Waals surface area contributed by atoms with E-state index in [-0.39, 0.29) is 24.2 Å². The highest BCUT2D eigenvalue weighted by atomic mass is 16.3. The topological polar surface area (TPSA) is 72.9 Å². The van der Waals surface area contributed by atoms with E-state index in [1.165, 1.54) is 6.92 Å². The molecule has 2 N–H and O–H groups in total. The van der Waals surface area contributed by atoms with Crippen molar-refractivity contribution in [2.24, 2.45) is 5.92 Å². The Hall–Kier alpha value is -0.980. The van der Waals surface area contributed by atoms with Crippen LogP contribution < -0.4 is 5.32 Å². The second kappa shape index (κ2) is 8.34. The lowest BCUT2D eigenvalue weighted by Crippen LogP contribution is -2.52. The van der Waals surface area contributed by atoms with Crippen molar-refractivity contribution in [2.75, 3.05) is 45.9 Å². The molecule has 0 aromatic heterocycles. The molecule has 0 aliphatic carbocycles. The van der Waals surface area contributed by atoms with Crippen LogP contribution in [-0.4, -0.2) is 78.5 Å². The van der Waals surface area contributed by atoms with Crippen molar-refractivity contribution in [3.8, 4) is 0 Å². The first-order valence-corrected chi connectivity index (χ1v) is 7.29. The van der Waals surface area contributed by atoms with Crippen LogP contribution in [0.1, 0.15) is 20.8 Å². The van der Waals surface area contributed by atoms with Gasteiger partial charge in [-0.25, -0.2) is 0 Å². The number of carbonyl (C=O) groups excluding carboxylic acids is 2. The van der Waals surface area contributed by atoms with Gasteiger partial charge in [0, 0.05) is 32.7 Å². The first kappa shape index (κ1) is 17.1. The fourth-order valence-electron chi connectivity index (χ4n) is 2.47. The van der Waals surface area contributed by atoms with E-state index in [1.54, 1.807) is 0 Å². The average molecular weight is 285 g/mol. The van der Waals surface area contributed by atoms with Crippen LogP contribution >= 0.6 is 0 Å². The molecule has 1 amide bonds. The van der Waals surface area contributed by atoms with Crippen LogP contribution in [0, 0.1) is 5.92 Å². The molecule has 1 aliphatic rings. The molecule has 0 aromatic rings. The molecule has 1 heterocycles. The molecule has 1 saturated heterocycles. The van der Waals surface area contributed by atoms with E-state index >= 15 is 0 Å². The summed E-state index contributed by atoms with van der Waals surface area (Å²) in [5.41, 5.74) is 0. The van der Waals surface area contributed by atoms with Crippen LogP contribution in [0.4, 0.5) is 0 Å². The first-order valence-electron chi connectivity index (χ1n) is 7.29. The zero-order valence-corrected chi connectivity index (χ0v) is 12.8. The van der Waals surface area contributed by atoms with Gasteiger partial charge >= 0.3 is 0 Å². The number of hydrogen-bond acceptors (Lipinski definition) is 5. The Morgan fingerprint density at radius 2 is 1.70 bits per heavy atom. The van der Waals surface area contributed by atoms with Gasteiger partial charge in [-0.2, -0.15) is 0 Å². The second-order valence-corrected chi connectivity index (χ2v) is 5.74. The van der Waals surface area contributed by atoms with Gasteiger partial charge in [-0.3, -0.25) is 19.4 Å². The van der Waals surface area contributed by atoms with E-state index < -0.39 is 6.04 Å². The number of hydrogen-bond donors (Lipinski definition) is 2. The maximum absolute atomic E-state index is 12.0. The smallest absolute Gasteiger partial charge is 0.234 e. The standard InChI is InChI=1S/C14H27N3O3/c1-11(2)14(12(3)19)15-13(20)10-17-6-4-16(5-7-17)8-9-18/h11,14,18H,4-10H2,1-3H3,(H,15,20). The molecule has 0 spiro atoms. The molecule has 6 nitrogen and oxygen atoms in total. The molecule has 116 valence electrons. The Kier molecular flexibility index (Phi) is 7.12. The third-order valence-electron chi connectivity index (χ3n) is 3.67. The lowest BCUT2D eigenvalue weighted by atomic mass is 10.0. The van der Waals surface area contributed by atoms with Gasteiger partial charge in [0.25, 0.3) is 0 Å². The van der Waals surface area contributed by atoms with Crippen LogP contribution in [0.5, 0.6) is 0 Å². The van der Waals surface area contributed by atoms with E-state index in [1.807, 2.05) is 13.8 Å². The van der Waals surface area contributed by atoms with Crippen LogP contribution in [0.15, 0.2) is 0 Å². The van der Waals surface area contributed by atoms with Gasteiger partial charge in [0.15, 0.2) is 5.78 Å². The minimum atomic E-state index is -0.391. The van der Waals surface area contributed by atoms with Crippen molar-refractivity contribution >= 4 is 11.7 Å². The third-order valence-corrected chi connectivity index (χ3v) is 3.67. The number of aliphatic hydroxyl groups is 1. The predicted molar refractivity (Wildman–Crippen MR) is 77.4 cm³/mol. The van der Waals surface area contributed by atoms with Gasteiger partial charge < -0.3 is 10.4 Å². The highest BCUT2D eigenvalue weighted by Gasteiger charge is 2.23. The normalized spacial score (nSPS) is 19.1. The minimum absolute atomic E-state index is 0.00103. The lowest BCUT2D eigenvalue weighted by molar-refractivity contribution is -0.128. The molecule has 6 heteroatoms. The Balaban J connectivity index is 2.34. The summed E-state index contributed by atoms with van der Waals surface area (Å²) in [7, 11) is 0. The summed E-state index contributed by atoms with van der Waals surface area (Å²) in [5, 5.41) is 11.7. The summed E-state index contributed by atoms with van der Waals surface area (Å²) in [6.45, 7) is 9.96. The number of Topliss-reactive ketones (excluding diaryl/α,β-unsaturated/α-hetero) is 1. The van der Waals surface area contributed by atoms with E-state index in [0.717, 1.165) is 26.2 Å². The number of nitrogens with one attached hydrogen (secondary N) is 1. The Morgan fingerprint density at radius 1 is 1.15 bits per heavy atom. The van der Waals surface area contributed by atoms with Crippen molar-refractivity contribution in [1.29, 1.82) is 0 Å². The van der Waals surface area contributed by atoms with Crippen LogP contribution in [0.3, 0.4) is 0 Å². The molecule has 0 radical (unpaired) electrons. The number of aliphatic hydroxyl groups excluding tert-OH is 1. The SMILES string of the molecule is CC(=O)C(NC(=O)CN1CCN(CCO)CC1)C(C)C. The first-order chi connectivity index (χ1) is 9.43. The molecule has 1 aliphatic heterocycles. The molecule has 1 atom stereocenters. The maximum atomic E-state index is 12.0. The molecule has 20 heavy (non-hydrogen) atoms. The molecular weight excluding hydrogens is 258 g/mol. The quantitative estimate of drug-likeness (QED) is 0.649. The Labute approximate surface area is 121 Å². The molecule has 0 bridgehead atoms. The highest BCUT2D eigenvalue weighted by Crippen LogP contribution is 2.04. The van der Waals surface area contributed by atoms with Crippen LogP contribution in [0.25, 0.3) is 0 Å². The van der Waals surface area contributed by atoms with E-state index in [4.69, 9.17) is 5.11 Å². The van der Waals surface area contributed by atoms with Gasteiger partial charge in [-0.1, -0.05) is 13.8 Å². The molecule has 0 saturated carbocycles. The third kappa shape index (κ3) is 5.56. The van der Waals surface area contributed by atoms with Crippen molar-refractivity contribution < 1.29 is 14.7 Å². The fraction of sp³-hybridized carbons (Fsp3) is 0.857. The van der Waals surface area contributed by atoms with Gasteiger partial charge in [0.2, 0.25) is 5.91 Å². The molecule has 1 unspecified atom stereocenters. The molecule has 0 aromatic carbocycles. The summed E-state index contributed by atoms with van der Waals surface area (Å²) >= 11 is 0. The summed E-state index contributed by atoms with van der Waals surface area (Å²) in [5.74, 6) is 0.0217. The van der Waals surface area contributed by atoms with Crippen molar-refractivity contribution in [3.05, 3.63) is 0 Å². The number of nitrogens with zero attached hydrogens (tertiary/aromatic N) is 2. The van der Waals surface area contributed by atoms with Crippen LogP contribution in [-0.2, 0) is 9.59 Å². The summed E-state index contributed by atoms with van der Waals surface area (Å²) < 4.78 is 0. The Morgan fingerprint density at radius 3 is 2.15 bits per heavy atom. The number of β-amino-alcohol motifs (C(OH)–C–C–N with tert-alkyl or cyclic N) is 1. The van der Waals surface area contributed by atoms with Crippen molar-refractivity contribution in [3.63, 3.8) is 0 Å². The largest absolute Gasteiger partial charge is 0.395 e. The van der Waals surface area contributed by atoms with E-state index in [9.17, 15) is 9.59 Å². The van der Waals surface area contributed by atoms with Crippen molar-refractivity contribution in [1.82, 2.24) is 15.1 Å². The van der Waals surface area contributed by atoms with Crippen LogP contribution in [0.2, 0.25) is 0 Å². The van der Waals surface area contributed by atoms with Gasteiger partial charge in [-0.15, -0.1) is 0 Å². The lowest BCUT2D eigenvalue weighted by Gasteiger charge is -2.34. The number of rotatable bonds is 7. The Bertz CT molecular complexity index is 326. The minimum Gasteiger partial charge on any atom is -0.395 e. The second-order valence-electron chi connectivity index (χ2n) is 5.74. The zero-order chi connectivity index (χ0) is 15.1. The van der Waals surface area contributed by atoms with Gasteiger partial charge in [0.05, 0.1) is 19.2 Å². The number of piperazine rings is 1. The predicted octanol–water partition coefficient (Wildman–Crippen LogP) is -0.674. The van der Waals surface area contributed by atoms with Gasteiger partial charge in [0.1, 0.15) is 0 Å². The number of ketones is 1.